The molecule has 6 nitrogen and oxygen atoms in total. The molecule has 0 spiro atoms. The van der Waals surface area contributed by atoms with Gasteiger partial charge in [-0.2, -0.15) is 13.2 Å². The summed E-state index contributed by atoms with van der Waals surface area (Å²) in [5.41, 5.74) is 0.0825. The molecule has 9 heteroatoms. The molecule has 0 aliphatic heterocycles. The van der Waals surface area contributed by atoms with Gasteiger partial charge in [0.05, 0.1) is 19.1 Å². The van der Waals surface area contributed by atoms with Gasteiger partial charge in [-0.25, -0.2) is 0 Å². The summed E-state index contributed by atoms with van der Waals surface area (Å²) in [6, 6.07) is 6.62. The zero-order valence-corrected chi connectivity index (χ0v) is 11.7. The number of amides is 2. The van der Waals surface area contributed by atoms with Gasteiger partial charge in [-0.3, -0.25) is 9.59 Å². The Labute approximate surface area is 128 Å². The Balaban J connectivity index is 2.16. The first-order valence-electron chi connectivity index (χ1n) is 6.22. The number of nitrogens with one attached hydrogen (secondary N) is 2. The van der Waals surface area contributed by atoms with Gasteiger partial charge in [0.2, 0.25) is 0 Å². The molecule has 2 N–H and O–H groups in total. The second kappa shape index (κ2) is 6.42. The molecular weight excluding hydrogens is 317 g/mol. The standard InChI is InChI=1S/C14H11F3N2O4/c1-22-11-7-8(18-13(21)14(15,16)17)4-5-9(11)19-12(20)10-3-2-6-23-10/h2-7H,1H3,(H,18,21)(H,19,20). The third-order valence-electron chi connectivity index (χ3n) is 2.71. The zero-order valence-electron chi connectivity index (χ0n) is 11.7. The van der Waals surface area contributed by atoms with Crippen LogP contribution >= 0.6 is 0 Å². The average Bonchev–Trinajstić information content (AvgIpc) is 3.02. The van der Waals surface area contributed by atoms with Crippen LogP contribution in [0.15, 0.2) is 41.0 Å². The predicted molar refractivity (Wildman–Crippen MR) is 74.3 cm³/mol. The Morgan fingerprint density at radius 3 is 2.48 bits per heavy atom. The van der Waals surface area contributed by atoms with Gasteiger partial charge in [0.15, 0.2) is 5.76 Å². The number of furan rings is 1. The van der Waals surface area contributed by atoms with Crippen LogP contribution in [0.1, 0.15) is 10.6 Å². The fourth-order valence-corrected chi connectivity index (χ4v) is 1.67. The smallest absolute Gasteiger partial charge is 0.471 e. The summed E-state index contributed by atoms with van der Waals surface area (Å²) in [7, 11) is 1.27. The van der Waals surface area contributed by atoms with E-state index in [4.69, 9.17) is 9.15 Å². The molecule has 0 saturated carbocycles. The van der Waals surface area contributed by atoms with Crippen LogP contribution in [-0.4, -0.2) is 25.1 Å². The van der Waals surface area contributed by atoms with Crippen molar-refractivity contribution in [3.8, 4) is 5.75 Å². The van der Waals surface area contributed by atoms with E-state index in [0.29, 0.717) is 0 Å². The van der Waals surface area contributed by atoms with Gasteiger partial charge >= 0.3 is 12.1 Å². The number of carbonyl (C=O) groups is 2. The molecule has 0 bridgehead atoms. The normalized spacial score (nSPS) is 11.0. The van der Waals surface area contributed by atoms with Crippen LogP contribution < -0.4 is 15.4 Å². The maximum absolute atomic E-state index is 12.2. The van der Waals surface area contributed by atoms with Crippen LogP contribution in [0.25, 0.3) is 0 Å². The SMILES string of the molecule is COc1cc(NC(=O)C(F)(F)F)ccc1NC(=O)c1ccco1. The summed E-state index contributed by atoms with van der Waals surface area (Å²) in [6.07, 6.45) is -3.68. The number of alkyl halides is 3. The second-order valence-corrected chi connectivity index (χ2v) is 4.30. The lowest BCUT2D eigenvalue weighted by Crippen LogP contribution is -2.29. The molecule has 0 aliphatic rings. The molecule has 122 valence electrons. The van der Waals surface area contributed by atoms with E-state index < -0.39 is 18.0 Å². The van der Waals surface area contributed by atoms with E-state index in [1.165, 1.54) is 37.6 Å². The fraction of sp³-hybridized carbons (Fsp3) is 0.143. The topological polar surface area (TPSA) is 80.6 Å². The largest absolute Gasteiger partial charge is 0.494 e. The lowest BCUT2D eigenvalue weighted by molar-refractivity contribution is -0.167. The van der Waals surface area contributed by atoms with Gasteiger partial charge in [-0.05, 0) is 24.3 Å². The van der Waals surface area contributed by atoms with Gasteiger partial charge in [0, 0.05) is 11.8 Å². The van der Waals surface area contributed by atoms with Crippen molar-refractivity contribution in [3.63, 3.8) is 0 Å². The third kappa shape index (κ3) is 4.02. The Hall–Kier alpha value is -2.97. The maximum atomic E-state index is 12.2. The molecule has 0 atom stereocenters. The predicted octanol–water partition coefficient (Wildman–Crippen LogP) is 3.04. The maximum Gasteiger partial charge on any atom is 0.471 e. The average molecular weight is 328 g/mol. The molecule has 2 aromatic rings. The quantitative estimate of drug-likeness (QED) is 0.904. The number of anilines is 2. The molecule has 23 heavy (non-hydrogen) atoms. The molecule has 2 rings (SSSR count). The Kier molecular flexibility index (Phi) is 4.58. The van der Waals surface area contributed by atoms with E-state index in [9.17, 15) is 22.8 Å². The lowest BCUT2D eigenvalue weighted by Gasteiger charge is -2.12. The van der Waals surface area contributed by atoms with Gasteiger partial charge < -0.3 is 19.8 Å². The summed E-state index contributed by atoms with van der Waals surface area (Å²) >= 11 is 0. The number of methoxy groups -OCH3 is 1. The highest BCUT2D eigenvalue weighted by molar-refractivity contribution is 6.03. The van der Waals surface area contributed by atoms with Gasteiger partial charge in [-0.15, -0.1) is 0 Å². The van der Waals surface area contributed by atoms with E-state index in [1.807, 2.05) is 0 Å². The van der Waals surface area contributed by atoms with Crippen molar-refractivity contribution in [1.29, 1.82) is 0 Å². The van der Waals surface area contributed by atoms with Crippen molar-refractivity contribution in [1.82, 2.24) is 0 Å². The van der Waals surface area contributed by atoms with Crippen LogP contribution in [0.2, 0.25) is 0 Å². The molecule has 2 amide bonds. The summed E-state index contributed by atoms with van der Waals surface area (Å²) in [4.78, 5) is 22.8. The third-order valence-corrected chi connectivity index (χ3v) is 2.71. The summed E-state index contributed by atoms with van der Waals surface area (Å²) in [5, 5.41) is 4.17. The van der Waals surface area contributed by atoms with Crippen molar-refractivity contribution in [2.45, 2.75) is 6.18 Å². The number of ether oxygens (including phenoxy) is 1. The van der Waals surface area contributed by atoms with Crippen molar-refractivity contribution in [2.24, 2.45) is 0 Å². The van der Waals surface area contributed by atoms with Crippen LogP contribution in [-0.2, 0) is 4.79 Å². The first-order chi connectivity index (χ1) is 10.8. The summed E-state index contributed by atoms with van der Waals surface area (Å²) in [6.45, 7) is 0. The van der Waals surface area contributed by atoms with Crippen molar-refractivity contribution < 1.29 is 31.9 Å². The Morgan fingerprint density at radius 2 is 1.91 bits per heavy atom. The Bertz CT molecular complexity index is 711. The number of carbonyl (C=O) groups excluding carboxylic acids is 2. The van der Waals surface area contributed by atoms with Crippen LogP contribution in [0, 0.1) is 0 Å². The molecule has 1 aromatic heterocycles. The van der Waals surface area contributed by atoms with Crippen LogP contribution in [0.4, 0.5) is 24.5 Å². The van der Waals surface area contributed by atoms with E-state index in [-0.39, 0.29) is 22.9 Å². The lowest BCUT2D eigenvalue weighted by atomic mass is 10.2. The van der Waals surface area contributed by atoms with E-state index >= 15 is 0 Å². The van der Waals surface area contributed by atoms with Crippen molar-refractivity contribution in [3.05, 3.63) is 42.4 Å². The van der Waals surface area contributed by atoms with E-state index in [1.54, 1.807) is 5.32 Å². The number of hydrogen-bond donors (Lipinski definition) is 2. The number of rotatable bonds is 4. The monoisotopic (exact) mass is 328 g/mol. The molecule has 1 aromatic carbocycles. The molecule has 0 unspecified atom stereocenters. The molecule has 0 fully saturated rings. The van der Waals surface area contributed by atoms with Crippen LogP contribution in [0.5, 0.6) is 5.75 Å². The molecule has 1 heterocycles. The van der Waals surface area contributed by atoms with Crippen molar-refractivity contribution in [2.75, 3.05) is 17.7 Å². The van der Waals surface area contributed by atoms with E-state index in [0.717, 1.165) is 6.07 Å². The van der Waals surface area contributed by atoms with Gasteiger partial charge in [0.1, 0.15) is 5.75 Å². The Morgan fingerprint density at radius 1 is 1.17 bits per heavy atom. The van der Waals surface area contributed by atoms with Gasteiger partial charge in [-0.1, -0.05) is 0 Å². The fourth-order valence-electron chi connectivity index (χ4n) is 1.67. The molecule has 0 radical (unpaired) electrons. The number of halogens is 3. The highest BCUT2D eigenvalue weighted by Gasteiger charge is 2.38. The molecular formula is C14H11F3N2O4. The summed E-state index contributed by atoms with van der Waals surface area (Å²) < 4.78 is 46.6. The number of benzene rings is 1. The number of hydrogen-bond acceptors (Lipinski definition) is 4. The van der Waals surface area contributed by atoms with E-state index in [2.05, 4.69) is 5.32 Å². The van der Waals surface area contributed by atoms with Crippen molar-refractivity contribution >= 4 is 23.2 Å². The second-order valence-electron chi connectivity index (χ2n) is 4.30. The molecule has 0 saturated heterocycles. The first kappa shape index (κ1) is 16.4. The summed E-state index contributed by atoms with van der Waals surface area (Å²) in [5.74, 6) is -2.53. The minimum atomic E-state index is -5.00. The highest BCUT2D eigenvalue weighted by Crippen LogP contribution is 2.29. The minimum absolute atomic E-state index is 0.0569. The highest BCUT2D eigenvalue weighted by atomic mass is 19.4. The first-order valence-corrected chi connectivity index (χ1v) is 6.22. The minimum Gasteiger partial charge on any atom is -0.494 e. The van der Waals surface area contributed by atoms with Crippen LogP contribution in [0.3, 0.4) is 0 Å². The zero-order chi connectivity index (χ0) is 17.0. The van der Waals surface area contributed by atoms with Gasteiger partial charge in [0.25, 0.3) is 5.91 Å². The molecule has 0 aliphatic carbocycles.